The zero-order valence-corrected chi connectivity index (χ0v) is 10.2. The number of hydrogen-bond donors (Lipinski definition) is 3. The predicted octanol–water partition coefficient (Wildman–Crippen LogP) is 2.20. The lowest BCUT2D eigenvalue weighted by Gasteiger charge is -2.24. The van der Waals surface area contributed by atoms with Gasteiger partial charge >= 0.3 is 12.0 Å². The number of urea groups is 1. The van der Waals surface area contributed by atoms with E-state index in [1.54, 1.807) is 13.8 Å². The normalized spacial score (nSPS) is 10.8. The van der Waals surface area contributed by atoms with Crippen molar-refractivity contribution in [3.05, 3.63) is 30.1 Å². The van der Waals surface area contributed by atoms with Gasteiger partial charge in [0.15, 0.2) is 0 Å². The molecule has 18 heavy (non-hydrogen) atoms. The van der Waals surface area contributed by atoms with E-state index in [1.807, 2.05) is 0 Å². The minimum atomic E-state index is -1.01. The maximum absolute atomic E-state index is 12.9. The molecule has 0 unspecified atom stereocenters. The maximum atomic E-state index is 12.9. The molecule has 6 heteroatoms. The Morgan fingerprint density at radius 1 is 1.39 bits per heavy atom. The molecule has 5 nitrogen and oxygen atoms in total. The van der Waals surface area contributed by atoms with Crippen molar-refractivity contribution in [3.63, 3.8) is 0 Å². The first-order valence-electron chi connectivity index (χ1n) is 5.35. The van der Waals surface area contributed by atoms with Gasteiger partial charge in [0, 0.05) is 11.2 Å². The van der Waals surface area contributed by atoms with Gasteiger partial charge in [-0.3, -0.25) is 4.79 Å². The molecule has 2 amide bonds. The predicted molar refractivity (Wildman–Crippen MR) is 64.9 cm³/mol. The van der Waals surface area contributed by atoms with Crippen LogP contribution in [0.4, 0.5) is 14.9 Å². The molecule has 1 aromatic rings. The third-order valence-electron chi connectivity index (χ3n) is 2.13. The van der Waals surface area contributed by atoms with Crippen LogP contribution in [0.3, 0.4) is 0 Å². The minimum Gasteiger partial charge on any atom is -0.481 e. The number of carbonyl (C=O) groups is 2. The number of anilines is 1. The van der Waals surface area contributed by atoms with Crippen molar-refractivity contribution in [1.82, 2.24) is 5.32 Å². The number of nitrogens with one attached hydrogen (secondary N) is 2. The van der Waals surface area contributed by atoms with Crippen LogP contribution < -0.4 is 10.6 Å². The van der Waals surface area contributed by atoms with E-state index in [-0.39, 0.29) is 6.42 Å². The lowest BCUT2D eigenvalue weighted by Crippen LogP contribution is -2.46. The molecule has 1 aromatic carbocycles. The molecular weight excluding hydrogens is 239 g/mol. The number of carboxylic acid groups (broad SMARTS) is 1. The highest BCUT2D eigenvalue weighted by Gasteiger charge is 2.23. The van der Waals surface area contributed by atoms with Crippen LogP contribution in [0.25, 0.3) is 0 Å². The van der Waals surface area contributed by atoms with E-state index < -0.39 is 23.4 Å². The molecule has 0 aromatic heterocycles. The quantitative estimate of drug-likeness (QED) is 0.770. The van der Waals surface area contributed by atoms with Gasteiger partial charge in [-0.1, -0.05) is 6.07 Å². The van der Waals surface area contributed by atoms with Gasteiger partial charge in [-0.2, -0.15) is 0 Å². The molecule has 0 saturated carbocycles. The summed E-state index contributed by atoms with van der Waals surface area (Å²) in [6.07, 6.45) is -0.205. The third kappa shape index (κ3) is 4.82. The largest absolute Gasteiger partial charge is 0.481 e. The Bertz CT molecular complexity index is 460. The molecular formula is C12H15FN2O3. The third-order valence-corrected chi connectivity index (χ3v) is 2.13. The number of carbonyl (C=O) groups excluding carboxylic acids is 1. The molecule has 0 aliphatic heterocycles. The van der Waals surface area contributed by atoms with Crippen LogP contribution in [0, 0.1) is 5.82 Å². The Balaban J connectivity index is 2.59. The monoisotopic (exact) mass is 254 g/mol. The van der Waals surface area contributed by atoms with E-state index in [1.165, 1.54) is 24.3 Å². The van der Waals surface area contributed by atoms with Crippen LogP contribution in [0.1, 0.15) is 20.3 Å². The highest BCUT2D eigenvalue weighted by Crippen LogP contribution is 2.11. The molecule has 0 aliphatic rings. The summed E-state index contributed by atoms with van der Waals surface area (Å²) in [7, 11) is 0. The van der Waals surface area contributed by atoms with Gasteiger partial charge in [0.05, 0.1) is 6.42 Å². The van der Waals surface area contributed by atoms with E-state index >= 15 is 0 Å². The molecule has 98 valence electrons. The van der Waals surface area contributed by atoms with Crippen molar-refractivity contribution < 1.29 is 19.1 Å². The standard InChI is InChI=1S/C12H15FN2O3/c1-12(2,7-10(16)17)15-11(18)14-9-5-3-4-8(13)6-9/h3-6H,7H2,1-2H3,(H,16,17)(H2,14,15,18). The second-order valence-electron chi connectivity index (χ2n) is 4.54. The fourth-order valence-electron chi connectivity index (χ4n) is 1.46. The van der Waals surface area contributed by atoms with E-state index in [4.69, 9.17) is 5.11 Å². The SMILES string of the molecule is CC(C)(CC(=O)O)NC(=O)Nc1cccc(F)c1. The molecule has 0 aliphatic carbocycles. The molecule has 0 atom stereocenters. The first-order chi connectivity index (χ1) is 8.28. The van der Waals surface area contributed by atoms with Crippen LogP contribution in [0.2, 0.25) is 0 Å². The van der Waals surface area contributed by atoms with Crippen molar-refractivity contribution in [2.75, 3.05) is 5.32 Å². The molecule has 0 spiro atoms. The first kappa shape index (κ1) is 14.0. The van der Waals surface area contributed by atoms with Crippen LogP contribution in [0.15, 0.2) is 24.3 Å². The number of hydrogen-bond acceptors (Lipinski definition) is 2. The van der Waals surface area contributed by atoms with Crippen LogP contribution in [-0.2, 0) is 4.79 Å². The van der Waals surface area contributed by atoms with Gasteiger partial charge in [0.25, 0.3) is 0 Å². The van der Waals surface area contributed by atoms with E-state index in [2.05, 4.69) is 10.6 Å². The lowest BCUT2D eigenvalue weighted by atomic mass is 10.0. The summed E-state index contributed by atoms with van der Waals surface area (Å²) in [5, 5.41) is 13.6. The molecule has 0 saturated heterocycles. The van der Waals surface area contributed by atoms with Crippen LogP contribution in [0.5, 0.6) is 0 Å². The van der Waals surface area contributed by atoms with Gasteiger partial charge in [-0.25, -0.2) is 9.18 Å². The van der Waals surface area contributed by atoms with Crippen molar-refractivity contribution in [3.8, 4) is 0 Å². The summed E-state index contributed by atoms with van der Waals surface area (Å²) in [5.74, 6) is -1.47. The Kier molecular flexibility index (Phi) is 4.25. The topological polar surface area (TPSA) is 78.4 Å². The highest BCUT2D eigenvalue weighted by atomic mass is 19.1. The summed E-state index contributed by atoms with van der Waals surface area (Å²) >= 11 is 0. The number of aliphatic carboxylic acids is 1. The van der Waals surface area contributed by atoms with Crippen molar-refractivity contribution in [2.45, 2.75) is 25.8 Å². The molecule has 0 bridgehead atoms. The Labute approximate surface area is 104 Å². The summed E-state index contributed by atoms with van der Waals surface area (Å²) < 4.78 is 12.9. The fraction of sp³-hybridized carbons (Fsp3) is 0.333. The van der Waals surface area contributed by atoms with E-state index in [9.17, 15) is 14.0 Å². The average Bonchev–Trinajstić information content (AvgIpc) is 2.13. The van der Waals surface area contributed by atoms with Gasteiger partial charge in [-0.05, 0) is 32.0 Å². The summed E-state index contributed by atoms with van der Waals surface area (Å²) in [4.78, 5) is 22.2. The van der Waals surface area contributed by atoms with Gasteiger partial charge < -0.3 is 15.7 Å². The summed E-state index contributed by atoms with van der Waals surface area (Å²) in [5.41, 5.74) is -0.581. The van der Waals surface area contributed by atoms with Gasteiger partial charge in [-0.15, -0.1) is 0 Å². The summed E-state index contributed by atoms with van der Waals surface area (Å²) in [6, 6.07) is 4.85. The maximum Gasteiger partial charge on any atom is 0.319 e. The molecule has 0 radical (unpaired) electrons. The molecule has 0 heterocycles. The van der Waals surface area contributed by atoms with Crippen LogP contribution >= 0.6 is 0 Å². The fourth-order valence-corrected chi connectivity index (χ4v) is 1.46. The second kappa shape index (κ2) is 5.48. The molecule has 3 N–H and O–H groups in total. The Morgan fingerprint density at radius 3 is 2.61 bits per heavy atom. The van der Waals surface area contributed by atoms with E-state index in [0.29, 0.717) is 5.69 Å². The molecule has 0 fully saturated rings. The number of benzene rings is 1. The second-order valence-corrected chi connectivity index (χ2v) is 4.54. The van der Waals surface area contributed by atoms with Gasteiger partial charge in [0.2, 0.25) is 0 Å². The zero-order chi connectivity index (χ0) is 13.8. The number of carboxylic acids is 1. The number of amides is 2. The summed E-state index contributed by atoms with van der Waals surface area (Å²) in [6.45, 7) is 3.18. The first-order valence-corrected chi connectivity index (χ1v) is 5.35. The van der Waals surface area contributed by atoms with Crippen LogP contribution in [-0.4, -0.2) is 22.6 Å². The highest BCUT2D eigenvalue weighted by molar-refractivity contribution is 5.90. The average molecular weight is 254 g/mol. The van der Waals surface area contributed by atoms with Gasteiger partial charge in [0.1, 0.15) is 5.82 Å². The lowest BCUT2D eigenvalue weighted by molar-refractivity contribution is -0.138. The van der Waals surface area contributed by atoms with Crippen molar-refractivity contribution in [2.24, 2.45) is 0 Å². The number of halogens is 1. The smallest absolute Gasteiger partial charge is 0.319 e. The van der Waals surface area contributed by atoms with Crippen molar-refractivity contribution >= 4 is 17.7 Å². The van der Waals surface area contributed by atoms with Crippen molar-refractivity contribution in [1.29, 1.82) is 0 Å². The molecule has 1 rings (SSSR count). The Hall–Kier alpha value is -2.11. The minimum absolute atomic E-state index is 0.205. The Morgan fingerprint density at radius 2 is 2.06 bits per heavy atom. The number of rotatable bonds is 4. The zero-order valence-electron chi connectivity index (χ0n) is 10.2. The van der Waals surface area contributed by atoms with E-state index in [0.717, 1.165) is 0 Å².